The third-order valence-electron chi connectivity index (χ3n) is 3.19. The van der Waals surface area contributed by atoms with Gasteiger partial charge in [0.25, 0.3) is 0 Å². The fraction of sp³-hybridized carbons (Fsp3) is 0.500. The van der Waals surface area contributed by atoms with Crippen molar-refractivity contribution in [2.45, 2.75) is 29.5 Å². The second kappa shape index (κ2) is 6.19. The second-order valence-corrected chi connectivity index (χ2v) is 7.99. The van der Waals surface area contributed by atoms with E-state index < -0.39 is 10.0 Å². The molecule has 2 atom stereocenters. The first-order chi connectivity index (χ1) is 8.87. The van der Waals surface area contributed by atoms with E-state index in [0.29, 0.717) is 22.5 Å². The largest absolute Gasteiger partial charge is 0.240 e. The van der Waals surface area contributed by atoms with Gasteiger partial charge in [-0.25, -0.2) is 13.1 Å². The molecule has 1 aromatic rings. The van der Waals surface area contributed by atoms with Crippen LogP contribution in [0.3, 0.4) is 0 Å². The molecule has 19 heavy (non-hydrogen) atoms. The number of nitrogens with one attached hydrogen (secondary N) is 1. The van der Waals surface area contributed by atoms with E-state index in [-0.39, 0.29) is 10.3 Å². The number of halogens is 3. The Morgan fingerprint density at radius 2 is 1.79 bits per heavy atom. The molecule has 1 aliphatic carbocycles. The molecule has 2 rings (SSSR count). The van der Waals surface area contributed by atoms with Crippen molar-refractivity contribution in [3.8, 4) is 0 Å². The molecular weight excluding hydrogens is 329 g/mol. The number of rotatable bonds is 4. The van der Waals surface area contributed by atoms with Crippen molar-refractivity contribution in [1.82, 2.24) is 4.72 Å². The van der Waals surface area contributed by atoms with Crippen LogP contribution in [-0.2, 0) is 10.0 Å². The van der Waals surface area contributed by atoms with Crippen LogP contribution in [0.2, 0.25) is 10.0 Å². The van der Waals surface area contributed by atoms with Crippen molar-refractivity contribution in [3.63, 3.8) is 0 Å². The van der Waals surface area contributed by atoms with Gasteiger partial charge in [0.1, 0.15) is 0 Å². The summed E-state index contributed by atoms with van der Waals surface area (Å²) in [7, 11) is -3.57. The molecule has 1 aliphatic rings. The number of sulfonamides is 1. The summed E-state index contributed by atoms with van der Waals surface area (Å²) in [5.74, 6) is 0.298. The maximum Gasteiger partial charge on any atom is 0.240 e. The summed E-state index contributed by atoms with van der Waals surface area (Å²) in [4.78, 5) is 0.0884. The minimum Gasteiger partial charge on any atom is -0.211 e. The molecule has 0 aromatic heterocycles. The van der Waals surface area contributed by atoms with Crippen LogP contribution in [0.25, 0.3) is 0 Å². The lowest BCUT2D eigenvalue weighted by atomic mass is 10.1. The zero-order valence-electron chi connectivity index (χ0n) is 10.1. The normalized spacial score (nSPS) is 23.7. The van der Waals surface area contributed by atoms with E-state index in [1.165, 1.54) is 18.2 Å². The lowest BCUT2D eigenvalue weighted by molar-refractivity contribution is 0.520. The van der Waals surface area contributed by atoms with Crippen LogP contribution in [0.15, 0.2) is 23.1 Å². The van der Waals surface area contributed by atoms with Crippen molar-refractivity contribution in [2.24, 2.45) is 5.92 Å². The summed E-state index contributed by atoms with van der Waals surface area (Å²) < 4.78 is 26.8. The van der Waals surface area contributed by atoms with Gasteiger partial charge in [0, 0.05) is 22.0 Å². The van der Waals surface area contributed by atoms with Gasteiger partial charge in [-0.05, 0) is 43.4 Å². The van der Waals surface area contributed by atoms with Crippen LogP contribution in [0, 0.1) is 5.92 Å². The highest BCUT2D eigenvalue weighted by Gasteiger charge is 2.25. The van der Waals surface area contributed by atoms with Crippen molar-refractivity contribution in [1.29, 1.82) is 0 Å². The predicted molar refractivity (Wildman–Crippen MR) is 78.6 cm³/mol. The van der Waals surface area contributed by atoms with Gasteiger partial charge in [-0.3, -0.25) is 0 Å². The van der Waals surface area contributed by atoms with Crippen LogP contribution in [0.1, 0.15) is 19.3 Å². The van der Waals surface area contributed by atoms with Crippen molar-refractivity contribution in [2.75, 3.05) is 6.54 Å². The maximum atomic E-state index is 12.1. The molecule has 1 fully saturated rings. The summed E-state index contributed by atoms with van der Waals surface area (Å²) in [5.41, 5.74) is 0. The summed E-state index contributed by atoms with van der Waals surface area (Å²) >= 11 is 17.6. The first-order valence-electron chi connectivity index (χ1n) is 5.96. The summed E-state index contributed by atoms with van der Waals surface area (Å²) in [5, 5.41) is 0.763. The number of alkyl halides is 1. The van der Waals surface area contributed by atoms with Crippen LogP contribution in [0.5, 0.6) is 0 Å². The van der Waals surface area contributed by atoms with Crippen LogP contribution >= 0.6 is 34.8 Å². The van der Waals surface area contributed by atoms with E-state index in [1.807, 2.05) is 0 Å². The standard InChI is InChI=1S/C12H14Cl3NO2S/c13-9-2-1-8(3-9)7-16-19(17,18)12-5-10(14)4-11(15)6-12/h4-6,8-9,16H,1-3,7H2. The molecule has 1 aromatic carbocycles. The molecule has 0 bridgehead atoms. The lowest BCUT2D eigenvalue weighted by Gasteiger charge is -2.12. The lowest BCUT2D eigenvalue weighted by Crippen LogP contribution is -2.28. The van der Waals surface area contributed by atoms with Crippen LogP contribution < -0.4 is 4.72 Å². The third kappa shape index (κ3) is 4.23. The Labute approximate surface area is 128 Å². The van der Waals surface area contributed by atoms with E-state index in [0.717, 1.165) is 19.3 Å². The zero-order valence-corrected chi connectivity index (χ0v) is 13.2. The maximum absolute atomic E-state index is 12.1. The Kier molecular flexibility index (Phi) is 5.01. The first-order valence-corrected chi connectivity index (χ1v) is 8.64. The predicted octanol–water partition coefficient (Wildman–Crippen LogP) is 3.68. The Hall–Kier alpha value is -0.000000000000000139. The van der Waals surface area contributed by atoms with E-state index in [2.05, 4.69) is 4.72 Å². The van der Waals surface area contributed by atoms with E-state index >= 15 is 0 Å². The summed E-state index contributed by atoms with van der Waals surface area (Å²) in [6, 6.07) is 4.26. The quantitative estimate of drug-likeness (QED) is 0.848. The van der Waals surface area contributed by atoms with Gasteiger partial charge < -0.3 is 0 Å². The van der Waals surface area contributed by atoms with Gasteiger partial charge in [-0.1, -0.05) is 23.2 Å². The molecule has 106 valence electrons. The highest BCUT2D eigenvalue weighted by Crippen LogP contribution is 2.29. The zero-order chi connectivity index (χ0) is 14.0. The highest BCUT2D eigenvalue weighted by molar-refractivity contribution is 7.89. The van der Waals surface area contributed by atoms with Gasteiger partial charge in [-0.15, -0.1) is 11.6 Å². The number of hydrogen-bond donors (Lipinski definition) is 1. The van der Waals surface area contributed by atoms with Gasteiger partial charge >= 0.3 is 0 Å². The van der Waals surface area contributed by atoms with Gasteiger partial charge in [0.15, 0.2) is 0 Å². The Morgan fingerprint density at radius 1 is 1.16 bits per heavy atom. The Morgan fingerprint density at radius 3 is 2.32 bits per heavy atom. The van der Waals surface area contributed by atoms with E-state index in [4.69, 9.17) is 34.8 Å². The molecule has 0 amide bonds. The van der Waals surface area contributed by atoms with Crippen LogP contribution in [0.4, 0.5) is 0 Å². The minimum atomic E-state index is -3.57. The monoisotopic (exact) mass is 341 g/mol. The molecule has 0 radical (unpaired) electrons. The topological polar surface area (TPSA) is 46.2 Å². The summed E-state index contributed by atoms with van der Waals surface area (Å²) in [6.07, 6.45) is 2.74. The average molecular weight is 343 g/mol. The van der Waals surface area contributed by atoms with Crippen LogP contribution in [-0.4, -0.2) is 20.3 Å². The SMILES string of the molecule is O=S(=O)(NCC1CCC(Cl)C1)c1cc(Cl)cc(Cl)c1. The smallest absolute Gasteiger partial charge is 0.211 e. The van der Waals surface area contributed by atoms with Gasteiger partial charge in [0.05, 0.1) is 4.90 Å². The molecular formula is C12H14Cl3NO2S. The first kappa shape index (κ1) is 15.4. The Balaban J connectivity index is 2.05. The minimum absolute atomic E-state index is 0.0884. The molecule has 2 unspecified atom stereocenters. The molecule has 0 spiro atoms. The molecule has 0 aliphatic heterocycles. The molecule has 1 saturated carbocycles. The molecule has 0 heterocycles. The van der Waals surface area contributed by atoms with Crippen molar-refractivity contribution < 1.29 is 8.42 Å². The summed E-state index contributed by atoms with van der Waals surface area (Å²) in [6.45, 7) is 0.398. The van der Waals surface area contributed by atoms with Gasteiger partial charge in [0.2, 0.25) is 10.0 Å². The third-order valence-corrected chi connectivity index (χ3v) is 5.42. The van der Waals surface area contributed by atoms with E-state index in [1.54, 1.807) is 0 Å². The van der Waals surface area contributed by atoms with Gasteiger partial charge in [-0.2, -0.15) is 0 Å². The molecule has 0 saturated heterocycles. The van der Waals surface area contributed by atoms with Crippen molar-refractivity contribution in [3.05, 3.63) is 28.2 Å². The second-order valence-electron chi connectivity index (χ2n) is 4.73. The fourth-order valence-electron chi connectivity index (χ4n) is 2.19. The Bertz CT molecular complexity index is 542. The van der Waals surface area contributed by atoms with E-state index in [9.17, 15) is 8.42 Å². The highest BCUT2D eigenvalue weighted by atomic mass is 35.5. The van der Waals surface area contributed by atoms with Crippen molar-refractivity contribution >= 4 is 44.8 Å². The fourth-order valence-corrected chi connectivity index (χ4v) is 4.41. The molecule has 7 heteroatoms. The number of benzene rings is 1. The molecule has 1 N–H and O–H groups in total. The molecule has 3 nitrogen and oxygen atoms in total. The number of hydrogen-bond acceptors (Lipinski definition) is 2. The average Bonchev–Trinajstić information content (AvgIpc) is 2.71.